The molecule has 2 saturated carbocycles. The van der Waals surface area contributed by atoms with E-state index in [4.69, 9.17) is 20.9 Å². The molecule has 0 aromatic carbocycles. The summed E-state index contributed by atoms with van der Waals surface area (Å²) in [6, 6.07) is 0. The van der Waals surface area contributed by atoms with Crippen LogP contribution in [-0.4, -0.2) is 32.9 Å². The lowest BCUT2D eigenvalue weighted by molar-refractivity contribution is -0.138. The molecule has 0 bridgehead atoms. The third kappa shape index (κ3) is 9.02. The predicted molar refractivity (Wildman–Crippen MR) is 64.4 cm³/mol. The Morgan fingerprint density at radius 2 is 1.39 bits per heavy atom. The Morgan fingerprint density at radius 3 is 1.39 bits per heavy atom. The zero-order valence-corrected chi connectivity index (χ0v) is 11.8. The number of hydrogen-bond donors (Lipinski definition) is 1. The minimum Gasteiger partial charge on any atom is -0.481 e. The van der Waals surface area contributed by atoms with Crippen molar-refractivity contribution >= 4 is 53.4 Å². The summed E-state index contributed by atoms with van der Waals surface area (Å²) in [4.78, 5) is 19.7. The number of alkyl halides is 2. The third-order valence-corrected chi connectivity index (χ3v) is 2.31. The molecule has 2 fully saturated rings. The molecule has 2 aliphatic carbocycles. The Morgan fingerprint density at radius 1 is 1.11 bits per heavy atom. The molecule has 1 N–H and O–H groups in total. The van der Waals surface area contributed by atoms with Crippen LogP contribution in [0.3, 0.4) is 0 Å². The van der Waals surface area contributed by atoms with Crippen molar-refractivity contribution in [2.45, 2.75) is 25.2 Å². The van der Waals surface area contributed by atoms with E-state index in [1.807, 2.05) is 0 Å². The van der Waals surface area contributed by atoms with Crippen molar-refractivity contribution in [1.29, 1.82) is 0 Å². The maximum atomic E-state index is 11.7. The number of carbonyl (C=O) groups is 2. The van der Waals surface area contributed by atoms with Crippen LogP contribution in [-0.2, 0) is 18.8 Å². The number of halogens is 5. The van der Waals surface area contributed by atoms with Crippen LogP contribution in [0.1, 0.15) is 12.8 Å². The monoisotopic (exact) mass is 344 g/mol. The van der Waals surface area contributed by atoms with Gasteiger partial charge >= 0.3 is 5.97 Å². The topological polar surface area (TPSA) is 71.4 Å². The Bertz CT molecular complexity index is 314. The van der Waals surface area contributed by atoms with Crippen molar-refractivity contribution in [1.82, 2.24) is 0 Å². The van der Waals surface area contributed by atoms with Gasteiger partial charge in [0, 0.05) is 21.4 Å². The first-order chi connectivity index (χ1) is 8.16. The van der Waals surface area contributed by atoms with E-state index >= 15 is 0 Å². The van der Waals surface area contributed by atoms with Crippen LogP contribution in [0.2, 0.25) is 0 Å². The van der Waals surface area contributed by atoms with Crippen LogP contribution in [0.5, 0.6) is 0 Å². The molecule has 2 aliphatic rings. The zero-order valence-electron chi connectivity index (χ0n) is 8.69. The number of carbonyl (C=O) groups excluding carboxylic acids is 1. The molecule has 0 spiro atoms. The van der Waals surface area contributed by atoms with Gasteiger partial charge in [0.2, 0.25) is 14.5 Å². The van der Waals surface area contributed by atoms with Gasteiger partial charge in [-0.2, -0.15) is 0 Å². The van der Waals surface area contributed by atoms with E-state index in [0.29, 0.717) is 6.42 Å². The van der Waals surface area contributed by atoms with E-state index in [0.717, 1.165) is 0 Å². The maximum Gasteiger partial charge on any atom is 0.309 e. The molecule has 0 aliphatic heterocycles. The van der Waals surface area contributed by atoms with Gasteiger partial charge in [-0.1, -0.05) is 0 Å². The van der Waals surface area contributed by atoms with Crippen molar-refractivity contribution in [3.05, 3.63) is 0 Å². The molecule has 4 nitrogen and oxygen atoms in total. The SMILES string of the molecule is O=C(Cl)[C@H]1C[C@H]1F.O=C(O)[C@H]1C[C@H]1F.O=S(Cl)Cl. The Hall–Kier alpha value is 0.0200. The molecule has 0 radical (unpaired) electrons. The third-order valence-electron chi connectivity index (χ3n) is 2.03. The summed E-state index contributed by atoms with van der Waals surface area (Å²) in [7, 11) is 7.36. The highest BCUT2D eigenvalue weighted by Crippen LogP contribution is 2.35. The molecule has 0 unspecified atom stereocenters. The van der Waals surface area contributed by atoms with Crippen LogP contribution in [0, 0.1) is 11.8 Å². The van der Waals surface area contributed by atoms with Crippen molar-refractivity contribution < 1.29 is 27.7 Å². The van der Waals surface area contributed by atoms with Crippen LogP contribution in [0.4, 0.5) is 8.78 Å². The molecule has 0 heterocycles. The lowest BCUT2D eigenvalue weighted by Crippen LogP contribution is -1.98. The van der Waals surface area contributed by atoms with Gasteiger partial charge in [-0.3, -0.25) is 9.59 Å². The number of carboxylic acid groups (broad SMARTS) is 1. The summed E-state index contributed by atoms with van der Waals surface area (Å²) < 4.78 is 32.5. The molecule has 0 amide bonds. The van der Waals surface area contributed by atoms with Crippen LogP contribution >= 0.6 is 33.0 Å². The lowest BCUT2D eigenvalue weighted by Gasteiger charge is -1.77. The van der Waals surface area contributed by atoms with E-state index < -0.39 is 44.6 Å². The largest absolute Gasteiger partial charge is 0.481 e. The van der Waals surface area contributed by atoms with E-state index in [9.17, 15) is 18.4 Å². The van der Waals surface area contributed by atoms with Gasteiger partial charge in [0.05, 0.1) is 11.8 Å². The van der Waals surface area contributed by atoms with E-state index in [1.165, 1.54) is 0 Å². The summed E-state index contributed by atoms with van der Waals surface area (Å²) >= 11 is 4.89. The molecule has 0 saturated heterocycles. The molecule has 2 rings (SSSR count). The van der Waals surface area contributed by atoms with E-state index in [-0.39, 0.29) is 6.42 Å². The number of hydrogen-bond acceptors (Lipinski definition) is 3. The molecular formula is C8H9Cl3F2O4S. The molecule has 0 aromatic rings. The van der Waals surface area contributed by atoms with E-state index in [1.54, 1.807) is 0 Å². The van der Waals surface area contributed by atoms with Gasteiger partial charge in [0.15, 0.2) is 0 Å². The number of aliphatic carboxylic acids is 1. The highest BCUT2D eigenvalue weighted by atomic mass is 36.0. The second-order valence-corrected chi connectivity index (χ2v) is 6.44. The summed E-state index contributed by atoms with van der Waals surface area (Å²) in [5.41, 5.74) is 0. The lowest BCUT2D eigenvalue weighted by atomic mass is 10.4. The number of rotatable bonds is 2. The first-order valence-electron chi connectivity index (χ1n) is 4.61. The predicted octanol–water partition coefficient (Wildman–Crippen LogP) is 2.58. The summed E-state index contributed by atoms with van der Waals surface area (Å²) in [5.74, 6) is -2.16. The van der Waals surface area contributed by atoms with Gasteiger partial charge in [0.1, 0.15) is 12.3 Å². The fraction of sp³-hybridized carbons (Fsp3) is 0.750. The van der Waals surface area contributed by atoms with Crippen LogP contribution in [0.15, 0.2) is 0 Å². The van der Waals surface area contributed by atoms with Gasteiger partial charge in [0.25, 0.3) is 0 Å². The first-order valence-corrected chi connectivity index (χ1v) is 7.79. The summed E-state index contributed by atoms with van der Waals surface area (Å²) in [5, 5.41) is 7.45. The molecule has 106 valence electrons. The zero-order chi connectivity index (χ0) is 14.5. The number of carboxylic acids is 1. The standard InChI is InChI=1S/C4H4ClFO.C4H5FO2.Cl2OS/c5-4(7)2-1-3(2)6;5-3-1-2(3)4(6)7;1-4(2)3/h2-3H,1H2;2-3H,1H2,(H,6,7);/t2*2-,3+;/m00./s1. The minimum atomic E-state index is -1.67. The Kier molecular flexibility index (Phi) is 8.25. The van der Waals surface area contributed by atoms with Crippen molar-refractivity contribution in [3.8, 4) is 0 Å². The second-order valence-electron chi connectivity index (χ2n) is 3.54. The van der Waals surface area contributed by atoms with Crippen LogP contribution < -0.4 is 0 Å². The van der Waals surface area contributed by atoms with Crippen molar-refractivity contribution in [3.63, 3.8) is 0 Å². The molecule has 0 aromatic heterocycles. The Balaban J connectivity index is 0.000000253. The molecule has 18 heavy (non-hydrogen) atoms. The first kappa shape index (κ1) is 18.0. The van der Waals surface area contributed by atoms with Gasteiger partial charge in [-0.25, -0.2) is 13.0 Å². The molecule has 10 heteroatoms. The van der Waals surface area contributed by atoms with Gasteiger partial charge in [-0.05, 0) is 24.4 Å². The minimum absolute atomic E-state index is 0.218. The molecule has 4 atom stereocenters. The average molecular weight is 346 g/mol. The molecular weight excluding hydrogens is 337 g/mol. The highest BCUT2D eigenvalue weighted by Gasteiger charge is 2.43. The average Bonchev–Trinajstić information content (AvgIpc) is 3.04. The Labute approximate surface area is 118 Å². The van der Waals surface area contributed by atoms with Crippen molar-refractivity contribution in [2.75, 3.05) is 0 Å². The summed E-state index contributed by atoms with van der Waals surface area (Å²) in [6.45, 7) is 0. The van der Waals surface area contributed by atoms with Crippen LogP contribution in [0.25, 0.3) is 0 Å². The van der Waals surface area contributed by atoms with Crippen molar-refractivity contribution in [2.24, 2.45) is 11.8 Å². The van der Waals surface area contributed by atoms with E-state index in [2.05, 4.69) is 21.4 Å². The maximum absolute atomic E-state index is 11.7. The fourth-order valence-corrected chi connectivity index (χ4v) is 1.04. The highest BCUT2D eigenvalue weighted by molar-refractivity contribution is 8.26. The van der Waals surface area contributed by atoms with Gasteiger partial charge in [-0.15, -0.1) is 0 Å². The second kappa shape index (κ2) is 8.24. The summed E-state index contributed by atoms with van der Waals surface area (Å²) in [6.07, 6.45) is -1.44. The quantitative estimate of drug-likeness (QED) is 0.781. The fourth-order valence-electron chi connectivity index (χ4n) is 0.818. The normalized spacial score (nSPS) is 31.4. The van der Waals surface area contributed by atoms with Gasteiger partial charge < -0.3 is 5.11 Å². The smallest absolute Gasteiger partial charge is 0.309 e.